The zero-order valence-corrected chi connectivity index (χ0v) is 16.5. The molecule has 28 heavy (non-hydrogen) atoms. The summed E-state index contributed by atoms with van der Waals surface area (Å²) in [4.78, 5) is 24.6. The third-order valence-corrected chi connectivity index (χ3v) is 5.33. The van der Waals surface area contributed by atoms with Gasteiger partial charge in [0.1, 0.15) is 24.0 Å². The molecule has 1 aliphatic heterocycles. The first-order chi connectivity index (χ1) is 13.2. The van der Waals surface area contributed by atoms with Gasteiger partial charge in [0.2, 0.25) is 5.91 Å². The number of hydrogen-bond acceptors (Lipinski definition) is 4. The quantitative estimate of drug-likeness (QED) is 0.800. The number of rotatable bonds is 6. The molecule has 0 saturated heterocycles. The number of aryl methyl sites for hydroxylation is 2. The molecule has 0 bridgehead atoms. The highest BCUT2D eigenvalue weighted by atomic mass is 16.5. The van der Waals surface area contributed by atoms with E-state index in [-0.39, 0.29) is 18.9 Å². The molecule has 6 nitrogen and oxygen atoms in total. The average molecular weight is 383 g/mol. The number of carbonyl (C=O) groups excluding carboxylic acids is 1. The fraction of sp³-hybridized carbons (Fsp3) is 0.364. The largest absolute Gasteiger partial charge is 0.497 e. The van der Waals surface area contributed by atoms with E-state index < -0.39 is 17.4 Å². The summed E-state index contributed by atoms with van der Waals surface area (Å²) in [6, 6.07) is 11.0. The Bertz CT molecular complexity index is 923. The van der Waals surface area contributed by atoms with Crippen LogP contribution in [0.3, 0.4) is 0 Å². The molecule has 0 aromatic heterocycles. The molecule has 6 heteroatoms. The molecule has 0 radical (unpaired) electrons. The van der Waals surface area contributed by atoms with Crippen molar-refractivity contribution in [2.24, 2.45) is 0 Å². The van der Waals surface area contributed by atoms with Crippen molar-refractivity contribution in [2.75, 3.05) is 13.7 Å². The second kappa shape index (κ2) is 7.54. The smallest absolute Gasteiger partial charge is 0.306 e. The van der Waals surface area contributed by atoms with Gasteiger partial charge in [-0.25, -0.2) is 0 Å². The van der Waals surface area contributed by atoms with E-state index in [1.54, 1.807) is 38.3 Å². The van der Waals surface area contributed by atoms with Gasteiger partial charge in [-0.2, -0.15) is 0 Å². The van der Waals surface area contributed by atoms with Crippen LogP contribution in [-0.2, 0) is 15.1 Å². The summed E-state index contributed by atoms with van der Waals surface area (Å²) in [5, 5.41) is 12.4. The van der Waals surface area contributed by atoms with Crippen molar-refractivity contribution < 1.29 is 24.2 Å². The highest BCUT2D eigenvalue weighted by molar-refractivity contribution is 5.87. The Morgan fingerprint density at radius 3 is 2.64 bits per heavy atom. The Hall–Kier alpha value is -3.02. The molecular weight excluding hydrogens is 358 g/mol. The first-order valence-corrected chi connectivity index (χ1v) is 9.16. The molecule has 0 saturated carbocycles. The van der Waals surface area contributed by atoms with Crippen LogP contribution in [0.15, 0.2) is 36.4 Å². The highest BCUT2D eigenvalue weighted by Gasteiger charge is 2.37. The van der Waals surface area contributed by atoms with Crippen LogP contribution in [0.1, 0.15) is 41.5 Å². The summed E-state index contributed by atoms with van der Waals surface area (Å²) in [5.41, 5.74) is 2.61. The van der Waals surface area contributed by atoms with Gasteiger partial charge in [0, 0.05) is 5.56 Å². The standard InChI is InChI=1S/C22H25NO5/c1-13-8-17-18(12-28-19(17)9-14(13)2)21(26)23-22(3,11-20(24)25)15-6-5-7-16(10-15)27-4/h5-10,18H,11-12H2,1-4H3,(H,23,26)(H,24,25). The van der Waals surface area contributed by atoms with E-state index in [9.17, 15) is 14.7 Å². The zero-order chi connectivity index (χ0) is 20.5. The zero-order valence-electron chi connectivity index (χ0n) is 16.5. The fourth-order valence-electron chi connectivity index (χ4n) is 3.54. The molecule has 0 aliphatic carbocycles. The number of nitrogens with one attached hydrogen (secondary N) is 1. The molecule has 0 spiro atoms. The second-order valence-corrected chi connectivity index (χ2v) is 7.46. The van der Waals surface area contributed by atoms with E-state index in [4.69, 9.17) is 9.47 Å². The van der Waals surface area contributed by atoms with Crippen LogP contribution >= 0.6 is 0 Å². The maximum Gasteiger partial charge on any atom is 0.306 e. The first-order valence-electron chi connectivity index (χ1n) is 9.16. The molecule has 2 unspecified atom stereocenters. The average Bonchev–Trinajstić information content (AvgIpc) is 3.04. The van der Waals surface area contributed by atoms with Crippen LogP contribution in [0.2, 0.25) is 0 Å². The molecular formula is C22H25NO5. The van der Waals surface area contributed by atoms with E-state index in [1.165, 1.54) is 0 Å². The minimum absolute atomic E-state index is 0.241. The number of carboxylic acids is 1. The summed E-state index contributed by atoms with van der Waals surface area (Å²) >= 11 is 0. The number of hydrogen-bond donors (Lipinski definition) is 2. The van der Waals surface area contributed by atoms with Crippen molar-refractivity contribution in [3.8, 4) is 11.5 Å². The number of ether oxygens (including phenoxy) is 2. The van der Waals surface area contributed by atoms with Gasteiger partial charge < -0.3 is 19.9 Å². The molecule has 1 aliphatic rings. The highest BCUT2D eigenvalue weighted by Crippen LogP contribution is 2.37. The lowest BCUT2D eigenvalue weighted by Crippen LogP contribution is -2.47. The van der Waals surface area contributed by atoms with Crippen LogP contribution in [0.25, 0.3) is 0 Å². The van der Waals surface area contributed by atoms with Gasteiger partial charge in [-0.15, -0.1) is 0 Å². The lowest BCUT2D eigenvalue weighted by molar-refractivity contribution is -0.139. The Balaban J connectivity index is 1.91. The van der Waals surface area contributed by atoms with E-state index in [0.717, 1.165) is 16.7 Å². The predicted molar refractivity (Wildman–Crippen MR) is 105 cm³/mol. The maximum atomic E-state index is 13.1. The van der Waals surface area contributed by atoms with Crippen molar-refractivity contribution in [3.05, 3.63) is 58.7 Å². The number of benzene rings is 2. The van der Waals surface area contributed by atoms with E-state index in [1.807, 2.05) is 26.0 Å². The van der Waals surface area contributed by atoms with Gasteiger partial charge in [0.25, 0.3) is 0 Å². The number of fused-ring (bicyclic) bond motifs is 1. The lowest BCUT2D eigenvalue weighted by Gasteiger charge is -2.31. The minimum atomic E-state index is -1.08. The van der Waals surface area contributed by atoms with Crippen LogP contribution in [-0.4, -0.2) is 30.7 Å². The van der Waals surface area contributed by atoms with Gasteiger partial charge in [-0.3, -0.25) is 9.59 Å². The Morgan fingerprint density at radius 1 is 1.25 bits per heavy atom. The molecule has 2 aromatic carbocycles. The third kappa shape index (κ3) is 3.81. The topological polar surface area (TPSA) is 84.9 Å². The van der Waals surface area contributed by atoms with E-state index >= 15 is 0 Å². The summed E-state index contributed by atoms with van der Waals surface area (Å²) < 4.78 is 11.0. The Morgan fingerprint density at radius 2 is 1.96 bits per heavy atom. The molecule has 2 atom stereocenters. The third-order valence-electron chi connectivity index (χ3n) is 5.33. The second-order valence-electron chi connectivity index (χ2n) is 7.46. The summed E-state index contributed by atoms with van der Waals surface area (Å²) in [6.45, 7) is 5.95. The van der Waals surface area contributed by atoms with Crippen LogP contribution in [0, 0.1) is 13.8 Å². The SMILES string of the molecule is COc1cccc(C(C)(CC(=O)O)NC(=O)C2COc3cc(C)c(C)cc32)c1. The van der Waals surface area contributed by atoms with Gasteiger partial charge >= 0.3 is 5.97 Å². The van der Waals surface area contributed by atoms with Crippen molar-refractivity contribution in [1.82, 2.24) is 5.32 Å². The van der Waals surface area contributed by atoms with Crippen LogP contribution in [0.5, 0.6) is 11.5 Å². The van der Waals surface area contributed by atoms with Crippen LogP contribution in [0.4, 0.5) is 0 Å². The number of carboxylic acid groups (broad SMARTS) is 1. The minimum Gasteiger partial charge on any atom is -0.497 e. The predicted octanol–water partition coefficient (Wildman–Crippen LogP) is 3.29. The van der Waals surface area contributed by atoms with Crippen molar-refractivity contribution in [2.45, 2.75) is 38.6 Å². The monoisotopic (exact) mass is 383 g/mol. The van der Waals surface area contributed by atoms with Crippen molar-refractivity contribution >= 4 is 11.9 Å². The normalized spacial score (nSPS) is 17.2. The Kier molecular flexibility index (Phi) is 5.31. The number of methoxy groups -OCH3 is 1. The molecule has 3 rings (SSSR count). The molecule has 2 aromatic rings. The summed E-state index contributed by atoms with van der Waals surface area (Å²) in [6.07, 6.45) is -0.251. The maximum absolute atomic E-state index is 13.1. The van der Waals surface area contributed by atoms with E-state index in [0.29, 0.717) is 17.1 Å². The Labute approximate surface area is 164 Å². The molecule has 1 amide bonds. The fourth-order valence-corrected chi connectivity index (χ4v) is 3.54. The summed E-state index contributed by atoms with van der Waals surface area (Å²) in [5.74, 6) is -0.421. The molecule has 2 N–H and O–H groups in total. The van der Waals surface area contributed by atoms with Crippen molar-refractivity contribution in [1.29, 1.82) is 0 Å². The number of carbonyl (C=O) groups is 2. The van der Waals surface area contributed by atoms with Gasteiger partial charge in [0.05, 0.1) is 19.1 Å². The lowest BCUT2D eigenvalue weighted by atomic mass is 9.87. The first kappa shape index (κ1) is 19.7. The summed E-state index contributed by atoms with van der Waals surface area (Å²) in [7, 11) is 1.54. The number of aliphatic carboxylic acids is 1. The van der Waals surface area contributed by atoms with Gasteiger partial charge in [0.15, 0.2) is 0 Å². The molecule has 1 heterocycles. The molecule has 0 fully saturated rings. The van der Waals surface area contributed by atoms with Gasteiger partial charge in [-0.1, -0.05) is 18.2 Å². The molecule has 148 valence electrons. The number of amides is 1. The van der Waals surface area contributed by atoms with Crippen LogP contribution < -0.4 is 14.8 Å². The van der Waals surface area contributed by atoms with E-state index in [2.05, 4.69) is 5.32 Å². The van der Waals surface area contributed by atoms with Gasteiger partial charge in [-0.05, 0) is 55.7 Å². The van der Waals surface area contributed by atoms with Crippen molar-refractivity contribution in [3.63, 3.8) is 0 Å².